The Bertz CT molecular complexity index is 983. The molecule has 0 saturated carbocycles. The molecule has 24 heavy (non-hydrogen) atoms. The molecule has 1 aliphatic carbocycles. The van der Waals surface area contributed by atoms with Gasteiger partial charge in [0.05, 0.1) is 11.3 Å². The standard InChI is InChI=1S/C20H13N3O/c24-19-15-10-5-4-9-14(15)18-16(19)17(13-7-2-1-3-8-13)22-20-21-11-6-12-23(18)20/h1-12,17H. The minimum atomic E-state index is -0.323. The molecule has 2 aromatic carbocycles. The molecule has 4 heteroatoms. The summed E-state index contributed by atoms with van der Waals surface area (Å²) in [6, 6.07) is 17.3. The van der Waals surface area contributed by atoms with E-state index in [1.807, 2.05) is 71.8 Å². The van der Waals surface area contributed by atoms with Crippen LogP contribution >= 0.6 is 0 Å². The average molecular weight is 311 g/mol. The predicted octanol–water partition coefficient (Wildman–Crippen LogP) is 3.61. The molecule has 2 heterocycles. The van der Waals surface area contributed by atoms with Gasteiger partial charge in [0.15, 0.2) is 5.78 Å². The lowest BCUT2D eigenvalue weighted by molar-refractivity contribution is 0.103. The second-order valence-electron chi connectivity index (χ2n) is 5.87. The Morgan fingerprint density at radius 2 is 1.67 bits per heavy atom. The maximum atomic E-state index is 13.1. The molecular formula is C20H13N3O. The molecule has 0 bridgehead atoms. The first-order valence-electron chi connectivity index (χ1n) is 7.86. The molecule has 0 aromatic heterocycles. The lowest BCUT2D eigenvalue weighted by atomic mass is 9.95. The maximum absolute atomic E-state index is 13.1. The zero-order valence-corrected chi connectivity index (χ0v) is 12.8. The van der Waals surface area contributed by atoms with Crippen LogP contribution in [0, 0.1) is 0 Å². The monoisotopic (exact) mass is 311 g/mol. The van der Waals surface area contributed by atoms with Crippen LogP contribution in [0.15, 0.2) is 82.4 Å². The Morgan fingerprint density at radius 3 is 2.50 bits per heavy atom. The van der Waals surface area contributed by atoms with Crippen LogP contribution in [0.2, 0.25) is 0 Å². The van der Waals surface area contributed by atoms with E-state index in [4.69, 9.17) is 4.99 Å². The van der Waals surface area contributed by atoms with Crippen molar-refractivity contribution < 1.29 is 4.79 Å². The third kappa shape index (κ3) is 1.71. The van der Waals surface area contributed by atoms with Gasteiger partial charge in [-0.05, 0) is 11.6 Å². The van der Waals surface area contributed by atoms with Crippen molar-refractivity contribution in [2.24, 2.45) is 9.98 Å². The van der Waals surface area contributed by atoms with Crippen molar-refractivity contribution >= 4 is 23.7 Å². The van der Waals surface area contributed by atoms with Crippen LogP contribution in [0.1, 0.15) is 27.5 Å². The molecule has 1 atom stereocenters. The van der Waals surface area contributed by atoms with E-state index in [1.165, 1.54) is 0 Å². The number of carbonyl (C=O) groups is 1. The third-order valence-corrected chi connectivity index (χ3v) is 4.53. The SMILES string of the molecule is O=C1C2=C(c3ccccc31)N1C=CC=NC1=NC2c1ccccc1. The van der Waals surface area contributed by atoms with Crippen molar-refractivity contribution in [3.05, 3.63) is 89.1 Å². The van der Waals surface area contributed by atoms with Gasteiger partial charge in [0.25, 0.3) is 0 Å². The molecule has 0 fully saturated rings. The van der Waals surface area contributed by atoms with Crippen molar-refractivity contribution in [3.8, 4) is 0 Å². The average Bonchev–Trinajstić information content (AvgIpc) is 2.96. The Morgan fingerprint density at radius 1 is 0.917 bits per heavy atom. The minimum absolute atomic E-state index is 0.0557. The number of aliphatic imine (C=N–C) groups is 2. The number of hydrogen-bond acceptors (Lipinski definition) is 4. The number of allylic oxidation sites excluding steroid dienone is 1. The molecule has 0 spiro atoms. The van der Waals surface area contributed by atoms with Crippen molar-refractivity contribution in [1.82, 2.24) is 4.90 Å². The molecule has 4 nitrogen and oxygen atoms in total. The Hall–Kier alpha value is -3.27. The molecule has 1 unspecified atom stereocenters. The summed E-state index contributed by atoms with van der Waals surface area (Å²) in [6.07, 6.45) is 5.50. The molecule has 3 aliphatic rings. The van der Waals surface area contributed by atoms with E-state index >= 15 is 0 Å². The van der Waals surface area contributed by atoms with Gasteiger partial charge in [-0.1, -0.05) is 54.6 Å². The van der Waals surface area contributed by atoms with E-state index in [1.54, 1.807) is 6.21 Å². The number of guanidine groups is 1. The second-order valence-corrected chi connectivity index (χ2v) is 5.87. The number of ketones is 1. The molecule has 0 saturated heterocycles. The zero-order chi connectivity index (χ0) is 16.1. The largest absolute Gasteiger partial charge is 0.289 e. The fourth-order valence-electron chi connectivity index (χ4n) is 3.49. The van der Waals surface area contributed by atoms with Crippen LogP contribution in [0.4, 0.5) is 0 Å². The van der Waals surface area contributed by atoms with Crippen LogP contribution in [0.3, 0.4) is 0 Å². The number of hydrogen-bond donors (Lipinski definition) is 0. The Kier molecular flexibility index (Phi) is 2.67. The van der Waals surface area contributed by atoms with Gasteiger partial charge >= 0.3 is 0 Å². The van der Waals surface area contributed by atoms with E-state index in [0.29, 0.717) is 5.96 Å². The summed E-state index contributed by atoms with van der Waals surface area (Å²) in [7, 11) is 0. The molecule has 0 radical (unpaired) electrons. The van der Waals surface area contributed by atoms with Crippen LogP contribution < -0.4 is 0 Å². The number of Topliss-reactive ketones (excluding diaryl/α,β-unsaturated/α-hetero) is 1. The summed E-state index contributed by atoms with van der Waals surface area (Å²) in [5, 5.41) is 0. The van der Waals surface area contributed by atoms with Gasteiger partial charge in [0.2, 0.25) is 5.96 Å². The molecule has 114 valence electrons. The van der Waals surface area contributed by atoms with Crippen LogP contribution in [-0.4, -0.2) is 22.9 Å². The topological polar surface area (TPSA) is 45.0 Å². The summed E-state index contributed by atoms with van der Waals surface area (Å²) in [5.41, 5.74) is 4.33. The van der Waals surface area contributed by atoms with E-state index < -0.39 is 0 Å². The van der Waals surface area contributed by atoms with Crippen LogP contribution in [-0.2, 0) is 0 Å². The first-order chi connectivity index (χ1) is 11.8. The third-order valence-electron chi connectivity index (χ3n) is 4.53. The van der Waals surface area contributed by atoms with Gasteiger partial charge in [0, 0.05) is 23.5 Å². The van der Waals surface area contributed by atoms with Gasteiger partial charge in [0.1, 0.15) is 6.04 Å². The quantitative estimate of drug-likeness (QED) is 0.807. The van der Waals surface area contributed by atoms with Crippen molar-refractivity contribution in [3.63, 3.8) is 0 Å². The molecule has 2 aliphatic heterocycles. The summed E-state index contributed by atoms with van der Waals surface area (Å²) in [6.45, 7) is 0. The van der Waals surface area contributed by atoms with Crippen molar-refractivity contribution in [1.29, 1.82) is 0 Å². The smallest absolute Gasteiger partial charge is 0.230 e. The minimum Gasteiger partial charge on any atom is -0.289 e. The lowest BCUT2D eigenvalue weighted by Gasteiger charge is -2.31. The zero-order valence-electron chi connectivity index (χ0n) is 12.8. The highest BCUT2D eigenvalue weighted by Crippen LogP contribution is 2.45. The Balaban J connectivity index is 1.78. The van der Waals surface area contributed by atoms with Crippen molar-refractivity contribution in [2.75, 3.05) is 0 Å². The van der Waals surface area contributed by atoms with Gasteiger partial charge in [-0.25, -0.2) is 9.98 Å². The molecule has 2 aromatic rings. The number of benzene rings is 2. The molecular weight excluding hydrogens is 298 g/mol. The van der Waals surface area contributed by atoms with E-state index in [2.05, 4.69) is 4.99 Å². The van der Waals surface area contributed by atoms with Gasteiger partial charge < -0.3 is 0 Å². The molecule has 5 rings (SSSR count). The lowest BCUT2D eigenvalue weighted by Crippen LogP contribution is -2.30. The number of rotatable bonds is 1. The van der Waals surface area contributed by atoms with Gasteiger partial charge in [-0.15, -0.1) is 0 Å². The number of carbonyl (C=O) groups excluding carboxylic acids is 1. The van der Waals surface area contributed by atoms with Gasteiger partial charge in [-0.3, -0.25) is 9.69 Å². The fourth-order valence-corrected chi connectivity index (χ4v) is 3.49. The van der Waals surface area contributed by atoms with Crippen LogP contribution in [0.5, 0.6) is 0 Å². The number of fused-ring (bicyclic) bond motifs is 4. The highest BCUT2D eigenvalue weighted by Gasteiger charge is 2.41. The van der Waals surface area contributed by atoms with Crippen molar-refractivity contribution in [2.45, 2.75) is 6.04 Å². The fraction of sp³-hybridized carbons (Fsp3) is 0.0500. The van der Waals surface area contributed by atoms with Crippen LogP contribution in [0.25, 0.3) is 5.70 Å². The molecule has 0 N–H and O–H groups in total. The Labute approximate surface area is 139 Å². The van der Waals surface area contributed by atoms with E-state index in [-0.39, 0.29) is 11.8 Å². The summed E-state index contributed by atoms with van der Waals surface area (Å²) in [5.74, 6) is 0.676. The van der Waals surface area contributed by atoms with E-state index in [9.17, 15) is 4.79 Å². The maximum Gasteiger partial charge on any atom is 0.230 e. The summed E-state index contributed by atoms with van der Waals surface area (Å²) >= 11 is 0. The highest BCUT2D eigenvalue weighted by molar-refractivity contribution is 6.23. The normalized spacial score (nSPS) is 20.7. The first-order valence-corrected chi connectivity index (χ1v) is 7.86. The summed E-state index contributed by atoms with van der Waals surface area (Å²) in [4.78, 5) is 24.2. The number of nitrogens with zero attached hydrogens (tertiary/aromatic N) is 3. The highest BCUT2D eigenvalue weighted by atomic mass is 16.1. The van der Waals surface area contributed by atoms with E-state index in [0.717, 1.165) is 28.0 Å². The summed E-state index contributed by atoms with van der Waals surface area (Å²) < 4.78 is 0. The second kappa shape index (κ2) is 4.86. The predicted molar refractivity (Wildman–Crippen MR) is 93.8 cm³/mol. The first kappa shape index (κ1) is 13.2. The van der Waals surface area contributed by atoms with Gasteiger partial charge in [-0.2, -0.15) is 0 Å². The molecule has 0 amide bonds.